The topological polar surface area (TPSA) is 34.2 Å². The minimum Gasteiger partial charge on any atom is -0.484 e. The van der Waals surface area contributed by atoms with Crippen LogP contribution in [0.1, 0.15) is 18.9 Å². The summed E-state index contributed by atoms with van der Waals surface area (Å²) in [6.07, 6.45) is -3.35. The van der Waals surface area contributed by atoms with Gasteiger partial charge in [0.1, 0.15) is 11.6 Å². The molecule has 0 bridgehead atoms. The van der Waals surface area contributed by atoms with Crippen molar-refractivity contribution in [3.63, 3.8) is 0 Å². The molecule has 1 aromatic carbocycles. The molecule has 0 fully saturated rings. The van der Waals surface area contributed by atoms with Gasteiger partial charge in [0.05, 0.1) is 5.52 Å². The van der Waals surface area contributed by atoms with Crippen LogP contribution in [0.4, 0.5) is 19.0 Å². The monoisotopic (exact) mass is 298 g/mol. The Labute approximate surface area is 121 Å². The summed E-state index contributed by atoms with van der Waals surface area (Å²) < 4.78 is 41.2. The van der Waals surface area contributed by atoms with Crippen molar-refractivity contribution in [2.45, 2.75) is 26.4 Å². The van der Waals surface area contributed by atoms with Crippen LogP contribution in [0, 0.1) is 6.92 Å². The lowest BCUT2D eigenvalue weighted by molar-refractivity contribution is -0.153. The summed E-state index contributed by atoms with van der Waals surface area (Å²) in [5.74, 6) is 0.989. The first-order valence-corrected chi connectivity index (χ1v) is 6.74. The molecule has 2 rings (SSSR count). The molecule has 21 heavy (non-hydrogen) atoms. The van der Waals surface area contributed by atoms with E-state index in [2.05, 4.69) is 17.2 Å². The number of ether oxygens (including phenoxy) is 1. The first-order chi connectivity index (χ1) is 9.89. The molecule has 2 aromatic rings. The van der Waals surface area contributed by atoms with Crippen molar-refractivity contribution in [2.75, 3.05) is 18.5 Å². The van der Waals surface area contributed by atoms with Crippen LogP contribution in [0.15, 0.2) is 24.3 Å². The Morgan fingerprint density at radius 1 is 1.24 bits per heavy atom. The molecule has 0 aliphatic carbocycles. The molecule has 0 spiro atoms. The maximum absolute atomic E-state index is 12.1. The fourth-order valence-corrected chi connectivity index (χ4v) is 1.94. The van der Waals surface area contributed by atoms with E-state index in [0.29, 0.717) is 0 Å². The van der Waals surface area contributed by atoms with Crippen LogP contribution in [0.2, 0.25) is 0 Å². The van der Waals surface area contributed by atoms with Crippen LogP contribution < -0.4 is 10.1 Å². The van der Waals surface area contributed by atoms with Gasteiger partial charge in [0.2, 0.25) is 0 Å². The summed E-state index contributed by atoms with van der Waals surface area (Å²) in [7, 11) is 0. The third kappa shape index (κ3) is 4.24. The van der Waals surface area contributed by atoms with Gasteiger partial charge in [-0.25, -0.2) is 4.98 Å². The maximum Gasteiger partial charge on any atom is 0.422 e. The Bertz CT molecular complexity index is 626. The van der Waals surface area contributed by atoms with Crippen LogP contribution in [-0.2, 0) is 0 Å². The lowest BCUT2D eigenvalue weighted by atomic mass is 10.1. The summed E-state index contributed by atoms with van der Waals surface area (Å²) in [5, 5.41) is 3.98. The fraction of sp³-hybridized carbons (Fsp3) is 0.400. The van der Waals surface area contributed by atoms with Gasteiger partial charge in [-0.3, -0.25) is 0 Å². The fourth-order valence-electron chi connectivity index (χ4n) is 1.94. The lowest BCUT2D eigenvalue weighted by Crippen LogP contribution is -2.19. The van der Waals surface area contributed by atoms with E-state index in [1.165, 1.54) is 6.07 Å². The number of halogens is 3. The van der Waals surface area contributed by atoms with E-state index >= 15 is 0 Å². The number of fused-ring (bicyclic) bond motifs is 1. The zero-order chi connectivity index (χ0) is 15.5. The van der Waals surface area contributed by atoms with Gasteiger partial charge in [-0.15, -0.1) is 0 Å². The second kappa shape index (κ2) is 6.20. The van der Waals surface area contributed by atoms with E-state index in [0.717, 1.165) is 35.2 Å². The summed E-state index contributed by atoms with van der Waals surface area (Å²) in [6.45, 7) is 3.51. The molecule has 3 nitrogen and oxygen atoms in total. The van der Waals surface area contributed by atoms with Crippen molar-refractivity contribution in [3.8, 4) is 5.75 Å². The summed E-state index contributed by atoms with van der Waals surface area (Å²) in [6, 6.07) is 6.63. The van der Waals surface area contributed by atoms with Crippen molar-refractivity contribution < 1.29 is 17.9 Å². The van der Waals surface area contributed by atoms with Gasteiger partial charge in [0, 0.05) is 11.9 Å². The quantitative estimate of drug-likeness (QED) is 0.893. The molecular weight excluding hydrogens is 281 g/mol. The molecule has 114 valence electrons. The maximum atomic E-state index is 12.1. The highest BCUT2D eigenvalue weighted by Gasteiger charge is 2.28. The Kier molecular flexibility index (Phi) is 4.55. The minimum atomic E-state index is -4.34. The summed E-state index contributed by atoms with van der Waals surface area (Å²) in [4.78, 5) is 4.47. The molecular formula is C15H17F3N2O. The van der Waals surface area contributed by atoms with Gasteiger partial charge in [-0.05, 0) is 43.2 Å². The first-order valence-electron chi connectivity index (χ1n) is 6.74. The molecule has 0 aliphatic heterocycles. The van der Waals surface area contributed by atoms with Crippen molar-refractivity contribution >= 4 is 16.7 Å². The van der Waals surface area contributed by atoms with Gasteiger partial charge < -0.3 is 10.1 Å². The number of anilines is 1. The van der Waals surface area contributed by atoms with E-state index in [-0.39, 0.29) is 5.75 Å². The van der Waals surface area contributed by atoms with Crippen molar-refractivity contribution in [2.24, 2.45) is 0 Å². The molecule has 0 saturated heterocycles. The molecule has 1 N–H and O–H groups in total. The zero-order valence-electron chi connectivity index (χ0n) is 11.9. The predicted molar refractivity (Wildman–Crippen MR) is 76.8 cm³/mol. The van der Waals surface area contributed by atoms with E-state index in [1.54, 1.807) is 12.1 Å². The number of aryl methyl sites for hydroxylation is 1. The van der Waals surface area contributed by atoms with Crippen molar-refractivity contribution in [1.82, 2.24) is 4.98 Å². The Morgan fingerprint density at radius 3 is 2.67 bits per heavy atom. The van der Waals surface area contributed by atoms with E-state index in [9.17, 15) is 13.2 Å². The molecule has 1 heterocycles. The average molecular weight is 298 g/mol. The number of nitrogens with zero attached hydrogens (tertiary/aromatic N) is 1. The van der Waals surface area contributed by atoms with E-state index in [1.807, 2.05) is 13.0 Å². The molecule has 1 aromatic heterocycles. The van der Waals surface area contributed by atoms with Crippen LogP contribution in [0.25, 0.3) is 10.9 Å². The third-order valence-corrected chi connectivity index (χ3v) is 2.92. The number of rotatable bonds is 5. The second-order valence-electron chi connectivity index (χ2n) is 4.84. The number of nitrogens with one attached hydrogen (secondary N) is 1. The number of hydrogen-bond acceptors (Lipinski definition) is 3. The third-order valence-electron chi connectivity index (χ3n) is 2.92. The number of alkyl halides is 3. The summed E-state index contributed by atoms with van der Waals surface area (Å²) in [5.41, 5.74) is 1.67. The van der Waals surface area contributed by atoms with Crippen LogP contribution in [0.5, 0.6) is 5.75 Å². The molecule has 0 unspecified atom stereocenters. The van der Waals surface area contributed by atoms with Gasteiger partial charge in [0.15, 0.2) is 6.61 Å². The smallest absolute Gasteiger partial charge is 0.422 e. The highest BCUT2D eigenvalue weighted by Crippen LogP contribution is 2.25. The Hall–Kier alpha value is -1.98. The normalized spacial score (nSPS) is 11.7. The molecule has 0 radical (unpaired) electrons. The Balaban J connectivity index is 2.23. The van der Waals surface area contributed by atoms with E-state index < -0.39 is 12.8 Å². The van der Waals surface area contributed by atoms with Gasteiger partial charge in [-0.2, -0.15) is 13.2 Å². The van der Waals surface area contributed by atoms with Crippen molar-refractivity contribution in [3.05, 3.63) is 29.8 Å². The first kappa shape index (κ1) is 15.4. The SMILES string of the molecule is CCCNc1nc2ccc(OCC(F)(F)F)cc2cc1C. The van der Waals surface area contributed by atoms with Gasteiger partial charge in [0.25, 0.3) is 0 Å². The molecule has 0 saturated carbocycles. The number of aromatic nitrogens is 1. The number of benzene rings is 1. The standard InChI is InChI=1S/C15H17F3N2O/c1-3-6-19-14-10(2)7-11-8-12(4-5-13(11)20-14)21-9-15(16,17)18/h4-5,7-8H,3,6,9H2,1-2H3,(H,19,20). The molecule has 0 atom stereocenters. The Morgan fingerprint density at radius 2 is 2.00 bits per heavy atom. The van der Waals surface area contributed by atoms with Crippen LogP contribution in [0.3, 0.4) is 0 Å². The average Bonchev–Trinajstić information content (AvgIpc) is 2.42. The lowest BCUT2D eigenvalue weighted by Gasteiger charge is -2.12. The van der Waals surface area contributed by atoms with Gasteiger partial charge >= 0.3 is 6.18 Å². The van der Waals surface area contributed by atoms with Crippen molar-refractivity contribution in [1.29, 1.82) is 0 Å². The van der Waals surface area contributed by atoms with E-state index in [4.69, 9.17) is 4.74 Å². The molecule has 0 amide bonds. The van der Waals surface area contributed by atoms with Crippen LogP contribution in [-0.4, -0.2) is 24.3 Å². The highest BCUT2D eigenvalue weighted by molar-refractivity contribution is 5.83. The second-order valence-corrected chi connectivity index (χ2v) is 4.84. The molecule has 6 heteroatoms. The predicted octanol–water partition coefficient (Wildman–Crippen LogP) is 4.31. The summed E-state index contributed by atoms with van der Waals surface area (Å²) >= 11 is 0. The zero-order valence-corrected chi connectivity index (χ0v) is 11.9. The molecule has 0 aliphatic rings. The van der Waals surface area contributed by atoms with Crippen LogP contribution >= 0.6 is 0 Å². The van der Waals surface area contributed by atoms with Gasteiger partial charge in [-0.1, -0.05) is 6.92 Å². The number of pyridine rings is 1. The number of hydrogen-bond donors (Lipinski definition) is 1. The highest BCUT2D eigenvalue weighted by atomic mass is 19.4. The minimum absolute atomic E-state index is 0.190. The largest absolute Gasteiger partial charge is 0.484 e.